The number of nitriles is 1. The molecule has 0 radical (unpaired) electrons. The zero-order chi connectivity index (χ0) is 20.5. The Morgan fingerprint density at radius 3 is 2.90 bits per heavy atom. The quantitative estimate of drug-likeness (QED) is 0.829. The molecule has 1 N–H and O–H groups in total. The Morgan fingerprint density at radius 2 is 2.17 bits per heavy atom. The molecule has 1 saturated heterocycles. The first-order valence-electron chi connectivity index (χ1n) is 8.82. The molecule has 4 rings (SSSR count). The van der Waals surface area contributed by atoms with Gasteiger partial charge in [0.15, 0.2) is 6.61 Å². The summed E-state index contributed by atoms with van der Waals surface area (Å²) in [6.07, 6.45) is 0. The summed E-state index contributed by atoms with van der Waals surface area (Å²) in [7, 11) is 0. The van der Waals surface area contributed by atoms with Gasteiger partial charge in [-0.15, -0.1) is 0 Å². The van der Waals surface area contributed by atoms with Crippen molar-refractivity contribution in [3.63, 3.8) is 0 Å². The average Bonchev–Trinajstić information content (AvgIpc) is 2.66. The molecular weight excluding hydrogens is 401 g/mol. The number of hydrogen-bond donors (Lipinski definition) is 1. The number of halogens is 2. The normalized spacial score (nSPS) is 15.5. The summed E-state index contributed by atoms with van der Waals surface area (Å²) in [6.45, 7) is 1.02. The van der Waals surface area contributed by atoms with Gasteiger partial charge in [-0.1, -0.05) is 11.6 Å². The molecule has 0 saturated carbocycles. The van der Waals surface area contributed by atoms with Gasteiger partial charge in [0.05, 0.1) is 28.4 Å². The molecule has 9 heteroatoms. The van der Waals surface area contributed by atoms with Gasteiger partial charge in [0, 0.05) is 31.1 Å². The Labute approximate surface area is 170 Å². The molecule has 0 aliphatic carbocycles. The lowest BCUT2D eigenvalue weighted by atomic mass is 9.99. The molecule has 2 aliphatic rings. The van der Waals surface area contributed by atoms with Crippen molar-refractivity contribution >= 4 is 29.1 Å². The van der Waals surface area contributed by atoms with E-state index >= 15 is 0 Å². The maximum absolute atomic E-state index is 14.3. The molecule has 7 nitrogen and oxygen atoms in total. The van der Waals surface area contributed by atoms with Crippen LogP contribution in [0.2, 0.25) is 5.02 Å². The van der Waals surface area contributed by atoms with Crippen LogP contribution >= 0.6 is 11.6 Å². The minimum Gasteiger partial charge on any atom is -0.493 e. The molecule has 2 aromatic carbocycles. The van der Waals surface area contributed by atoms with Crippen molar-refractivity contribution in [3.05, 3.63) is 52.3 Å². The van der Waals surface area contributed by atoms with E-state index in [1.807, 2.05) is 6.07 Å². The first-order chi connectivity index (χ1) is 13.9. The third-order valence-corrected chi connectivity index (χ3v) is 5.04. The lowest BCUT2D eigenvalue weighted by Crippen LogP contribution is -2.52. The molecule has 0 spiro atoms. The zero-order valence-corrected chi connectivity index (χ0v) is 15.8. The molecule has 0 unspecified atom stereocenters. The van der Waals surface area contributed by atoms with Crippen LogP contribution in [-0.2, 0) is 4.79 Å². The summed E-state index contributed by atoms with van der Waals surface area (Å²) in [4.78, 5) is 25.5. The number of carbonyl (C=O) groups excluding carboxylic acids is 2. The first kappa shape index (κ1) is 19.0. The summed E-state index contributed by atoms with van der Waals surface area (Å²) >= 11 is 5.97. The number of hydrogen-bond acceptors (Lipinski definition) is 5. The van der Waals surface area contributed by atoms with Crippen molar-refractivity contribution in [2.75, 3.05) is 31.6 Å². The molecule has 2 aliphatic heterocycles. The number of anilines is 1. The highest BCUT2D eigenvalue weighted by molar-refractivity contribution is 6.31. The van der Waals surface area contributed by atoms with Gasteiger partial charge >= 0.3 is 0 Å². The second-order valence-corrected chi connectivity index (χ2v) is 7.21. The fourth-order valence-corrected chi connectivity index (χ4v) is 3.38. The Morgan fingerprint density at radius 1 is 1.38 bits per heavy atom. The van der Waals surface area contributed by atoms with Gasteiger partial charge in [-0.25, -0.2) is 4.39 Å². The zero-order valence-electron chi connectivity index (χ0n) is 15.1. The molecule has 2 aromatic rings. The van der Waals surface area contributed by atoms with Crippen molar-refractivity contribution in [1.29, 1.82) is 5.26 Å². The predicted molar refractivity (Wildman–Crippen MR) is 102 cm³/mol. The van der Waals surface area contributed by atoms with Crippen LogP contribution in [0.25, 0.3) is 0 Å². The number of amides is 2. The van der Waals surface area contributed by atoms with Gasteiger partial charge < -0.3 is 19.7 Å². The average molecular weight is 416 g/mol. The van der Waals surface area contributed by atoms with Crippen LogP contribution in [0.15, 0.2) is 30.3 Å². The number of carbonyl (C=O) groups is 2. The summed E-state index contributed by atoms with van der Waals surface area (Å²) in [5.41, 5.74) is 0.532. The number of fused-ring (bicyclic) bond motifs is 1. The molecule has 0 aromatic heterocycles. The molecule has 29 heavy (non-hydrogen) atoms. The van der Waals surface area contributed by atoms with E-state index in [1.54, 1.807) is 18.2 Å². The smallest absolute Gasteiger partial charge is 0.262 e. The van der Waals surface area contributed by atoms with E-state index in [0.29, 0.717) is 36.0 Å². The fraction of sp³-hybridized carbons (Fsp3) is 0.250. The number of nitrogens with one attached hydrogen (secondary N) is 1. The van der Waals surface area contributed by atoms with Gasteiger partial charge in [0.25, 0.3) is 11.8 Å². The van der Waals surface area contributed by atoms with E-state index in [0.717, 1.165) is 6.07 Å². The number of ether oxygens (including phenoxy) is 2. The van der Waals surface area contributed by atoms with E-state index < -0.39 is 11.7 Å². The van der Waals surface area contributed by atoms with Crippen LogP contribution in [0, 0.1) is 23.1 Å². The third kappa shape index (κ3) is 3.82. The minimum absolute atomic E-state index is 0.0945. The van der Waals surface area contributed by atoms with Crippen LogP contribution in [0.4, 0.5) is 10.1 Å². The first-order valence-corrected chi connectivity index (χ1v) is 9.20. The SMILES string of the molecule is N#Cc1ccc(OCC2CN(C(=O)c3cc4c(cc3F)OCC(=O)N4)C2)cc1Cl. The summed E-state index contributed by atoms with van der Waals surface area (Å²) in [6, 6.07) is 9.19. The van der Waals surface area contributed by atoms with E-state index in [2.05, 4.69) is 5.32 Å². The van der Waals surface area contributed by atoms with Gasteiger partial charge in [0.1, 0.15) is 23.4 Å². The van der Waals surface area contributed by atoms with E-state index in [1.165, 1.54) is 11.0 Å². The van der Waals surface area contributed by atoms with E-state index in [9.17, 15) is 14.0 Å². The molecule has 2 amide bonds. The standard InChI is InChI=1S/C20H15ClFN3O4/c21-15-3-13(2-1-12(15)6-23)28-9-11-7-25(8-11)20(27)14-4-17-18(5-16(14)22)29-10-19(26)24-17/h1-5,11H,7-10H2,(H,24,26). The second kappa shape index (κ2) is 7.60. The molecule has 0 bridgehead atoms. The fourth-order valence-electron chi connectivity index (χ4n) is 3.17. The maximum atomic E-state index is 14.3. The van der Waals surface area contributed by atoms with Crippen LogP contribution in [0.1, 0.15) is 15.9 Å². The molecule has 1 fully saturated rings. The van der Waals surface area contributed by atoms with E-state index in [4.69, 9.17) is 26.3 Å². The number of nitrogens with zero attached hydrogens (tertiary/aromatic N) is 2. The minimum atomic E-state index is -0.697. The molecule has 148 valence electrons. The van der Waals surface area contributed by atoms with Crippen LogP contribution in [0.3, 0.4) is 0 Å². The van der Waals surface area contributed by atoms with Gasteiger partial charge in [-0.05, 0) is 18.2 Å². The molecule has 0 atom stereocenters. The monoisotopic (exact) mass is 415 g/mol. The van der Waals surface area contributed by atoms with Crippen molar-refractivity contribution in [1.82, 2.24) is 4.90 Å². The van der Waals surface area contributed by atoms with Crippen LogP contribution in [0.5, 0.6) is 11.5 Å². The highest BCUT2D eigenvalue weighted by Gasteiger charge is 2.33. The highest BCUT2D eigenvalue weighted by atomic mass is 35.5. The van der Waals surface area contributed by atoms with Crippen LogP contribution in [-0.4, -0.2) is 43.0 Å². The van der Waals surface area contributed by atoms with Crippen molar-refractivity contribution in [3.8, 4) is 17.6 Å². The van der Waals surface area contributed by atoms with Crippen molar-refractivity contribution in [2.24, 2.45) is 5.92 Å². The third-order valence-electron chi connectivity index (χ3n) is 4.72. The van der Waals surface area contributed by atoms with Gasteiger partial charge in [-0.3, -0.25) is 9.59 Å². The second-order valence-electron chi connectivity index (χ2n) is 6.81. The Balaban J connectivity index is 1.35. The lowest BCUT2D eigenvalue weighted by molar-refractivity contribution is -0.118. The Hall–Kier alpha value is -3.31. The lowest BCUT2D eigenvalue weighted by Gasteiger charge is -2.39. The summed E-state index contributed by atoms with van der Waals surface area (Å²) in [5, 5.41) is 11.8. The van der Waals surface area contributed by atoms with E-state index in [-0.39, 0.29) is 35.4 Å². The maximum Gasteiger partial charge on any atom is 0.262 e. The number of rotatable bonds is 4. The van der Waals surface area contributed by atoms with Gasteiger partial charge in [-0.2, -0.15) is 5.26 Å². The van der Waals surface area contributed by atoms with Crippen molar-refractivity contribution in [2.45, 2.75) is 0 Å². The van der Waals surface area contributed by atoms with Crippen LogP contribution < -0.4 is 14.8 Å². The topological polar surface area (TPSA) is 91.7 Å². The molecule has 2 heterocycles. The Kier molecular flexibility index (Phi) is 4.99. The predicted octanol–water partition coefficient (Wildman–Crippen LogP) is 2.83. The highest BCUT2D eigenvalue weighted by Crippen LogP contribution is 2.32. The number of benzene rings is 2. The largest absolute Gasteiger partial charge is 0.493 e. The Bertz CT molecular complexity index is 1050. The summed E-state index contributed by atoms with van der Waals surface area (Å²) in [5.74, 6) is -0.673. The summed E-state index contributed by atoms with van der Waals surface area (Å²) < 4.78 is 25.1. The number of likely N-dealkylation sites (tertiary alicyclic amines) is 1. The van der Waals surface area contributed by atoms with Crippen molar-refractivity contribution < 1.29 is 23.5 Å². The molecular formula is C20H15ClFN3O4. The van der Waals surface area contributed by atoms with Gasteiger partial charge in [0.2, 0.25) is 0 Å².